The van der Waals surface area contributed by atoms with Crippen molar-refractivity contribution >= 4 is 0 Å². The molecular weight excluding hydrogens is 352 g/mol. The first-order chi connectivity index (χ1) is 12.9. The lowest BCUT2D eigenvalue weighted by molar-refractivity contribution is 0.0841. The molecule has 2 N–H and O–H groups in total. The molecule has 0 aromatic heterocycles. The monoisotopic (exact) mass is 396 g/mol. The summed E-state index contributed by atoms with van der Waals surface area (Å²) in [6, 6.07) is 0. The molecule has 2 unspecified atom stereocenters. The van der Waals surface area contributed by atoms with Gasteiger partial charge in [0.05, 0.1) is 11.5 Å². The van der Waals surface area contributed by atoms with Crippen molar-refractivity contribution in [3.8, 4) is 0 Å². The minimum atomic E-state index is -0.680. The maximum Gasteiger partial charge on any atom is 0.125 e. The Bertz CT molecular complexity index is 435. The minimum absolute atomic E-state index is 0.261. The van der Waals surface area contributed by atoms with E-state index in [1.807, 2.05) is 13.8 Å². The standard InChI is InChI=1S/C12H22O3.C12H22O/c1-5-7-11(13)9(3)15-10(4)12(14)8-6-2;1-9(2)7-11(5)13-12(6)8-10(3)4/h11-14H,3-8H2,1-2H3;9-10H,5-8H2,1-4H3. The average Bonchev–Trinajstić information content (AvgIpc) is 2.53. The van der Waals surface area contributed by atoms with Crippen molar-refractivity contribution < 1.29 is 19.7 Å². The molecule has 28 heavy (non-hydrogen) atoms. The molecule has 0 aromatic carbocycles. The van der Waals surface area contributed by atoms with E-state index in [4.69, 9.17) is 9.47 Å². The Hall–Kier alpha value is -1.52. The summed E-state index contributed by atoms with van der Waals surface area (Å²) in [5.41, 5.74) is 0. The van der Waals surface area contributed by atoms with E-state index in [0.717, 1.165) is 37.2 Å². The van der Waals surface area contributed by atoms with Crippen molar-refractivity contribution in [3.05, 3.63) is 49.4 Å². The minimum Gasteiger partial charge on any atom is -0.467 e. The molecule has 0 amide bonds. The van der Waals surface area contributed by atoms with Crippen LogP contribution in [0.4, 0.5) is 0 Å². The van der Waals surface area contributed by atoms with Gasteiger partial charge in [-0.25, -0.2) is 0 Å². The van der Waals surface area contributed by atoms with Crippen LogP contribution in [0, 0.1) is 11.8 Å². The second-order valence-electron chi connectivity index (χ2n) is 8.02. The molecule has 4 nitrogen and oxygen atoms in total. The number of aliphatic hydroxyl groups is 2. The number of aliphatic hydroxyl groups excluding tert-OH is 2. The fraction of sp³-hybridized carbons (Fsp3) is 0.667. The zero-order chi connectivity index (χ0) is 22.3. The van der Waals surface area contributed by atoms with Gasteiger partial charge in [-0.1, -0.05) is 80.7 Å². The molecule has 0 spiro atoms. The molecule has 164 valence electrons. The number of rotatable bonds is 14. The van der Waals surface area contributed by atoms with Gasteiger partial charge in [0.25, 0.3) is 0 Å². The maximum absolute atomic E-state index is 9.53. The van der Waals surface area contributed by atoms with E-state index in [1.54, 1.807) is 0 Å². The molecule has 0 saturated heterocycles. The van der Waals surface area contributed by atoms with Crippen molar-refractivity contribution in [1.82, 2.24) is 0 Å². The Labute approximate surface area is 173 Å². The number of hydrogen-bond acceptors (Lipinski definition) is 4. The Morgan fingerprint density at radius 1 is 0.679 bits per heavy atom. The molecule has 0 aliphatic rings. The fourth-order valence-corrected chi connectivity index (χ4v) is 2.37. The molecule has 0 saturated carbocycles. The molecule has 0 bridgehead atoms. The van der Waals surface area contributed by atoms with Gasteiger partial charge in [-0.3, -0.25) is 0 Å². The first-order valence-electron chi connectivity index (χ1n) is 10.4. The van der Waals surface area contributed by atoms with Crippen LogP contribution in [0.3, 0.4) is 0 Å². The van der Waals surface area contributed by atoms with Gasteiger partial charge in [0.15, 0.2) is 0 Å². The van der Waals surface area contributed by atoms with Crippen molar-refractivity contribution in [2.24, 2.45) is 11.8 Å². The number of hydrogen-bond donors (Lipinski definition) is 2. The van der Waals surface area contributed by atoms with E-state index in [2.05, 4.69) is 54.0 Å². The lowest BCUT2D eigenvalue weighted by atomic mass is 10.1. The SMILES string of the molecule is C=C(CC(C)C)OC(=C)CC(C)C.C=C(OC(=C)C(O)CCC)C(O)CCC. The molecule has 0 radical (unpaired) electrons. The van der Waals surface area contributed by atoms with Crippen LogP contribution in [0.5, 0.6) is 0 Å². The molecule has 0 rings (SSSR count). The maximum atomic E-state index is 9.53. The van der Waals surface area contributed by atoms with Crippen molar-refractivity contribution in [1.29, 1.82) is 0 Å². The topological polar surface area (TPSA) is 58.9 Å². The van der Waals surface area contributed by atoms with Gasteiger partial charge in [0.2, 0.25) is 0 Å². The summed E-state index contributed by atoms with van der Waals surface area (Å²) in [6.45, 7) is 27.5. The van der Waals surface area contributed by atoms with E-state index < -0.39 is 12.2 Å². The Kier molecular flexibility index (Phi) is 16.8. The summed E-state index contributed by atoms with van der Waals surface area (Å²) in [6.07, 6.45) is 3.39. The largest absolute Gasteiger partial charge is 0.467 e. The normalized spacial score (nSPS) is 12.6. The van der Waals surface area contributed by atoms with Gasteiger partial charge in [0.1, 0.15) is 23.7 Å². The van der Waals surface area contributed by atoms with Crippen molar-refractivity contribution in [2.45, 2.75) is 92.3 Å². The predicted octanol–water partition coefficient (Wildman–Crippen LogP) is 6.48. The van der Waals surface area contributed by atoms with Crippen LogP contribution in [0.25, 0.3) is 0 Å². The lowest BCUT2D eigenvalue weighted by Gasteiger charge is -2.18. The first-order valence-corrected chi connectivity index (χ1v) is 10.4. The van der Waals surface area contributed by atoms with Crippen LogP contribution in [-0.2, 0) is 9.47 Å². The van der Waals surface area contributed by atoms with E-state index in [0.29, 0.717) is 24.7 Å². The highest BCUT2D eigenvalue weighted by molar-refractivity contribution is 5.01. The summed E-state index contributed by atoms with van der Waals surface area (Å²) in [5, 5.41) is 19.1. The van der Waals surface area contributed by atoms with Crippen LogP contribution in [-0.4, -0.2) is 22.4 Å². The Morgan fingerprint density at radius 3 is 1.25 bits per heavy atom. The van der Waals surface area contributed by atoms with Gasteiger partial charge >= 0.3 is 0 Å². The lowest BCUT2D eigenvalue weighted by Crippen LogP contribution is -2.17. The van der Waals surface area contributed by atoms with Crippen molar-refractivity contribution in [2.75, 3.05) is 0 Å². The molecule has 0 aliphatic carbocycles. The van der Waals surface area contributed by atoms with Crippen LogP contribution in [0.1, 0.15) is 80.1 Å². The summed E-state index contributed by atoms with van der Waals surface area (Å²) in [5.74, 6) is 3.38. The zero-order valence-corrected chi connectivity index (χ0v) is 19.1. The molecule has 0 heterocycles. The molecule has 0 fully saturated rings. The molecule has 4 heteroatoms. The highest BCUT2D eigenvalue weighted by atomic mass is 16.5. The molecule has 0 aliphatic heterocycles. The Morgan fingerprint density at radius 2 is 1.00 bits per heavy atom. The van der Waals surface area contributed by atoms with Crippen LogP contribution >= 0.6 is 0 Å². The van der Waals surface area contributed by atoms with Gasteiger partial charge in [-0.15, -0.1) is 0 Å². The van der Waals surface area contributed by atoms with E-state index in [-0.39, 0.29) is 11.5 Å². The van der Waals surface area contributed by atoms with Gasteiger partial charge < -0.3 is 19.7 Å². The third-order valence-corrected chi connectivity index (χ3v) is 3.69. The number of allylic oxidation sites excluding steroid dienone is 2. The van der Waals surface area contributed by atoms with Crippen LogP contribution < -0.4 is 0 Å². The van der Waals surface area contributed by atoms with E-state index >= 15 is 0 Å². The molecule has 0 aromatic rings. The van der Waals surface area contributed by atoms with Crippen LogP contribution in [0.15, 0.2) is 49.4 Å². The summed E-state index contributed by atoms with van der Waals surface area (Å²) in [4.78, 5) is 0. The third-order valence-electron chi connectivity index (χ3n) is 3.69. The van der Waals surface area contributed by atoms with Crippen LogP contribution in [0.2, 0.25) is 0 Å². The fourth-order valence-electron chi connectivity index (χ4n) is 2.37. The summed E-state index contributed by atoms with van der Waals surface area (Å²) < 4.78 is 10.7. The van der Waals surface area contributed by atoms with Crippen molar-refractivity contribution in [3.63, 3.8) is 0 Å². The molecule has 2 atom stereocenters. The quantitative estimate of drug-likeness (QED) is 0.330. The second kappa shape index (κ2) is 16.4. The van der Waals surface area contributed by atoms with E-state index in [1.165, 1.54) is 0 Å². The highest BCUT2D eigenvalue weighted by Crippen LogP contribution is 2.18. The first kappa shape index (κ1) is 28.7. The van der Waals surface area contributed by atoms with Gasteiger partial charge in [-0.2, -0.15) is 0 Å². The highest BCUT2D eigenvalue weighted by Gasteiger charge is 2.14. The zero-order valence-electron chi connectivity index (χ0n) is 19.1. The van der Waals surface area contributed by atoms with Gasteiger partial charge in [-0.05, 0) is 24.7 Å². The van der Waals surface area contributed by atoms with Gasteiger partial charge in [0, 0.05) is 12.8 Å². The summed E-state index contributed by atoms with van der Waals surface area (Å²) >= 11 is 0. The summed E-state index contributed by atoms with van der Waals surface area (Å²) in [7, 11) is 0. The smallest absolute Gasteiger partial charge is 0.125 e. The molecular formula is C24H44O4. The predicted molar refractivity (Wildman–Crippen MR) is 119 cm³/mol. The number of ether oxygens (including phenoxy) is 2. The average molecular weight is 397 g/mol. The third kappa shape index (κ3) is 16.6. The van der Waals surface area contributed by atoms with E-state index in [9.17, 15) is 10.2 Å². The second-order valence-corrected chi connectivity index (χ2v) is 8.02. The Balaban J connectivity index is 0.